The Hall–Kier alpha value is -2.14. The minimum Gasteiger partial charge on any atom is -0.478 e. The van der Waals surface area contributed by atoms with Gasteiger partial charge in [0.05, 0.1) is 12.1 Å². The molecule has 1 saturated carbocycles. The average Bonchev–Trinajstić information content (AvgIpc) is 2.87. The lowest BCUT2D eigenvalue weighted by Crippen LogP contribution is -2.37. The predicted molar refractivity (Wildman–Crippen MR) is 105 cm³/mol. The van der Waals surface area contributed by atoms with E-state index in [1.807, 2.05) is 18.4 Å². The molecular weight excluding hydrogens is 343 g/mol. The first-order valence-electron chi connectivity index (χ1n) is 9.78. The topological polar surface area (TPSA) is 54.3 Å². The second kappa shape index (κ2) is 8.26. The Morgan fingerprint density at radius 1 is 1.22 bits per heavy atom. The molecule has 1 aliphatic carbocycles. The lowest BCUT2D eigenvalue weighted by molar-refractivity contribution is 0.0694. The molecule has 5 heteroatoms. The first kappa shape index (κ1) is 19.6. The number of halogens is 1. The van der Waals surface area contributed by atoms with Crippen molar-refractivity contribution in [2.75, 3.05) is 0 Å². The summed E-state index contributed by atoms with van der Waals surface area (Å²) in [5.41, 5.74) is 3.30. The van der Waals surface area contributed by atoms with E-state index in [1.54, 1.807) is 18.2 Å². The fourth-order valence-corrected chi connectivity index (χ4v) is 4.34. The summed E-state index contributed by atoms with van der Waals surface area (Å²) in [5, 5.41) is 13.4. The van der Waals surface area contributed by atoms with Gasteiger partial charge in [-0.2, -0.15) is 0 Å². The lowest BCUT2D eigenvalue weighted by atomic mass is 9.86. The van der Waals surface area contributed by atoms with E-state index >= 15 is 0 Å². The van der Waals surface area contributed by atoms with Gasteiger partial charge in [-0.15, -0.1) is 0 Å². The van der Waals surface area contributed by atoms with Crippen molar-refractivity contribution in [2.24, 2.45) is 5.92 Å². The molecular formula is C22H29FN2O2. The molecule has 27 heavy (non-hydrogen) atoms. The van der Waals surface area contributed by atoms with Gasteiger partial charge in [-0.3, -0.25) is 0 Å². The van der Waals surface area contributed by atoms with Crippen LogP contribution in [-0.2, 0) is 13.1 Å². The van der Waals surface area contributed by atoms with Crippen LogP contribution >= 0.6 is 0 Å². The van der Waals surface area contributed by atoms with Gasteiger partial charge in [0.25, 0.3) is 0 Å². The van der Waals surface area contributed by atoms with Crippen LogP contribution < -0.4 is 5.32 Å². The van der Waals surface area contributed by atoms with Crippen molar-refractivity contribution in [1.29, 1.82) is 0 Å². The maximum absolute atomic E-state index is 14.1. The number of aromatic nitrogens is 1. The van der Waals surface area contributed by atoms with Gasteiger partial charge in [0.1, 0.15) is 5.82 Å². The van der Waals surface area contributed by atoms with Crippen LogP contribution in [0.2, 0.25) is 0 Å². The molecule has 146 valence electrons. The highest BCUT2D eigenvalue weighted by Crippen LogP contribution is 2.27. The van der Waals surface area contributed by atoms with Gasteiger partial charge >= 0.3 is 5.97 Å². The summed E-state index contributed by atoms with van der Waals surface area (Å²) >= 11 is 0. The Balaban J connectivity index is 1.89. The second-order valence-corrected chi connectivity index (χ2v) is 7.76. The first-order valence-corrected chi connectivity index (χ1v) is 9.78. The molecule has 0 saturated heterocycles. The van der Waals surface area contributed by atoms with Crippen molar-refractivity contribution in [3.05, 3.63) is 58.2 Å². The van der Waals surface area contributed by atoms with Gasteiger partial charge in [0, 0.05) is 35.1 Å². The minimum absolute atomic E-state index is 0.266. The van der Waals surface area contributed by atoms with Crippen LogP contribution in [0.1, 0.15) is 65.5 Å². The highest BCUT2D eigenvalue weighted by atomic mass is 19.1. The molecule has 2 atom stereocenters. The maximum atomic E-state index is 14.1. The normalized spacial score (nSPS) is 20.0. The van der Waals surface area contributed by atoms with E-state index in [1.165, 1.54) is 25.3 Å². The van der Waals surface area contributed by atoms with Crippen molar-refractivity contribution >= 4 is 5.97 Å². The van der Waals surface area contributed by atoms with Crippen LogP contribution in [0, 0.1) is 25.6 Å². The molecule has 1 aromatic carbocycles. The minimum atomic E-state index is -0.920. The summed E-state index contributed by atoms with van der Waals surface area (Å²) in [4.78, 5) is 11.9. The molecule has 1 aromatic heterocycles. The Labute approximate surface area is 160 Å². The van der Waals surface area contributed by atoms with Crippen molar-refractivity contribution in [2.45, 2.75) is 65.6 Å². The molecule has 0 amide bonds. The monoisotopic (exact) mass is 372 g/mol. The molecule has 1 aliphatic rings. The van der Waals surface area contributed by atoms with Crippen LogP contribution in [0.5, 0.6) is 0 Å². The van der Waals surface area contributed by atoms with Gasteiger partial charge in [-0.1, -0.05) is 38.0 Å². The fourth-order valence-electron chi connectivity index (χ4n) is 4.34. The van der Waals surface area contributed by atoms with Gasteiger partial charge in [-0.25, -0.2) is 9.18 Å². The smallest absolute Gasteiger partial charge is 0.337 e. The van der Waals surface area contributed by atoms with Gasteiger partial charge < -0.3 is 15.0 Å². The number of aromatic carboxylic acids is 1. The highest BCUT2D eigenvalue weighted by molar-refractivity contribution is 5.91. The number of carboxylic acids is 1. The number of carboxylic acid groups (broad SMARTS) is 1. The van der Waals surface area contributed by atoms with E-state index < -0.39 is 5.97 Å². The van der Waals surface area contributed by atoms with E-state index in [9.17, 15) is 14.3 Å². The zero-order chi connectivity index (χ0) is 19.6. The summed E-state index contributed by atoms with van der Waals surface area (Å²) in [6.45, 7) is 6.88. The first-order chi connectivity index (χ1) is 12.9. The van der Waals surface area contributed by atoms with Crippen molar-refractivity contribution in [1.82, 2.24) is 9.88 Å². The third-order valence-electron chi connectivity index (χ3n) is 6.06. The van der Waals surface area contributed by atoms with Gasteiger partial charge in [0.15, 0.2) is 0 Å². The SMILES string of the molecule is Cc1c(CN[C@H]2CCCC[C@@H]2C)c(C(=O)O)c(C)n1Cc1ccccc1F. The number of hydrogen-bond acceptors (Lipinski definition) is 2. The summed E-state index contributed by atoms with van der Waals surface area (Å²) in [7, 11) is 0. The van der Waals surface area contributed by atoms with Crippen molar-refractivity contribution in [3.63, 3.8) is 0 Å². The van der Waals surface area contributed by atoms with Crippen LogP contribution in [0.15, 0.2) is 24.3 Å². The van der Waals surface area contributed by atoms with E-state index in [2.05, 4.69) is 12.2 Å². The molecule has 0 bridgehead atoms. The third-order valence-corrected chi connectivity index (χ3v) is 6.06. The summed E-state index contributed by atoms with van der Waals surface area (Å²) in [5.74, 6) is -0.581. The molecule has 3 rings (SSSR count). The molecule has 1 fully saturated rings. The Morgan fingerprint density at radius 3 is 2.59 bits per heavy atom. The van der Waals surface area contributed by atoms with Crippen LogP contribution in [0.3, 0.4) is 0 Å². The number of benzene rings is 1. The number of hydrogen-bond donors (Lipinski definition) is 2. The Morgan fingerprint density at radius 2 is 1.93 bits per heavy atom. The standard InChI is InChI=1S/C22H29FN2O2/c1-14-8-4-7-11-20(14)24-12-18-15(2)25(16(3)21(18)22(26)27)13-17-9-5-6-10-19(17)23/h5-6,9-10,14,20,24H,4,7-8,11-13H2,1-3H3,(H,26,27)/t14-,20-/m0/s1. The molecule has 2 aromatic rings. The van der Waals surface area contributed by atoms with E-state index in [4.69, 9.17) is 0 Å². The van der Waals surface area contributed by atoms with Crippen LogP contribution in [0.4, 0.5) is 4.39 Å². The van der Waals surface area contributed by atoms with Gasteiger partial charge in [-0.05, 0) is 38.7 Å². The number of nitrogens with zero attached hydrogens (tertiary/aromatic N) is 1. The third kappa shape index (κ3) is 4.08. The quantitative estimate of drug-likeness (QED) is 0.775. The maximum Gasteiger partial charge on any atom is 0.337 e. The largest absolute Gasteiger partial charge is 0.478 e. The lowest BCUT2D eigenvalue weighted by Gasteiger charge is -2.29. The fraction of sp³-hybridized carbons (Fsp3) is 0.500. The molecule has 0 unspecified atom stereocenters. The number of rotatable bonds is 6. The zero-order valence-electron chi connectivity index (χ0n) is 16.4. The van der Waals surface area contributed by atoms with E-state index in [0.717, 1.165) is 17.7 Å². The van der Waals surface area contributed by atoms with Crippen molar-refractivity contribution in [3.8, 4) is 0 Å². The summed E-state index contributed by atoms with van der Waals surface area (Å²) < 4.78 is 16.0. The van der Waals surface area contributed by atoms with Crippen LogP contribution in [0.25, 0.3) is 0 Å². The number of nitrogens with one attached hydrogen (secondary N) is 1. The summed E-state index contributed by atoms with van der Waals surface area (Å²) in [6.07, 6.45) is 4.85. The summed E-state index contributed by atoms with van der Waals surface area (Å²) in [6, 6.07) is 7.08. The molecule has 2 N–H and O–H groups in total. The molecule has 0 spiro atoms. The zero-order valence-corrected chi connectivity index (χ0v) is 16.4. The second-order valence-electron chi connectivity index (χ2n) is 7.76. The number of carbonyl (C=O) groups is 1. The Kier molecular flexibility index (Phi) is 6.00. The van der Waals surface area contributed by atoms with Gasteiger partial charge in [0.2, 0.25) is 0 Å². The predicted octanol–water partition coefficient (Wildman–Crippen LogP) is 4.66. The Bertz CT molecular complexity index is 828. The molecule has 4 nitrogen and oxygen atoms in total. The molecule has 1 heterocycles. The van der Waals surface area contributed by atoms with E-state index in [0.29, 0.717) is 41.9 Å². The van der Waals surface area contributed by atoms with Crippen LogP contribution in [-0.4, -0.2) is 21.7 Å². The molecule has 0 radical (unpaired) electrons. The average molecular weight is 372 g/mol. The molecule has 0 aliphatic heterocycles. The van der Waals surface area contributed by atoms with Crippen molar-refractivity contribution < 1.29 is 14.3 Å². The highest BCUT2D eigenvalue weighted by Gasteiger charge is 2.25. The van der Waals surface area contributed by atoms with E-state index in [-0.39, 0.29) is 5.82 Å².